The molecule has 2 aromatic carbocycles. The lowest BCUT2D eigenvalue weighted by Crippen LogP contribution is -2.38. The first-order valence-corrected chi connectivity index (χ1v) is 10.5. The quantitative estimate of drug-likeness (QED) is 0.705. The van der Waals surface area contributed by atoms with E-state index in [2.05, 4.69) is 10.6 Å². The minimum Gasteiger partial charge on any atom is -0.376 e. The first-order chi connectivity index (χ1) is 13.2. The van der Waals surface area contributed by atoms with Gasteiger partial charge >= 0.3 is 0 Å². The van der Waals surface area contributed by atoms with E-state index in [1.54, 1.807) is 38.2 Å². The van der Waals surface area contributed by atoms with E-state index in [-0.39, 0.29) is 35.6 Å². The van der Waals surface area contributed by atoms with Crippen LogP contribution in [0.3, 0.4) is 0 Å². The summed E-state index contributed by atoms with van der Waals surface area (Å²) in [4.78, 5) is 25.8. The van der Waals surface area contributed by atoms with Gasteiger partial charge in [-0.15, -0.1) is 0 Å². The Morgan fingerprint density at radius 3 is 2.11 bits per heavy atom. The molecular weight excluding hydrogens is 378 g/mol. The number of aryl methyl sites for hydroxylation is 1. The third kappa shape index (κ3) is 6.09. The van der Waals surface area contributed by atoms with E-state index in [9.17, 15) is 18.0 Å². The summed E-state index contributed by atoms with van der Waals surface area (Å²) >= 11 is 0. The average Bonchev–Trinajstić information content (AvgIpc) is 2.68. The molecule has 0 aromatic heterocycles. The second kappa shape index (κ2) is 9.36. The molecule has 0 saturated carbocycles. The van der Waals surface area contributed by atoms with Crippen LogP contribution in [-0.4, -0.2) is 51.0 Å². The van der Waals surface area contributed by atoms with Crippen molar-refractivity contribution >= 4 is 33.0 Å². The Balaban J connectivity index is 1.83. The van der Waals surface area contributed by atoms with Gasteiger partial charge in [-0.05, 0) is 43.3 Å². The number of nitrogens with one attached hydrogen (secondary N) is 2. The summed E-state index contributed by atoms with van der Waals surface area (Å²) in [5.74, 6) is -0.508. The third-order valence-electron chi connectivity index (χ3n) is 4.18. The maximum atomic E-state index is 12.2. The van der Waals surface area contributed by atoms with E-state index in [1.165, 1.54) is 17.0 Å². The van der Waals surface area contributed by atoms with Crippen molar-refractivity contribution in [2.45, 2.75) is 18.7 Å². The molecule has 0 bridgehead atoms. The largest absolute Gasteiger partial charge is 0.376 e. The van der Waals surface area contributed by atoms with Gasteiger partial charge < -0.3 is 15.5 Å². The molecule has 0 aliphatic rings. The lowest BCUT2D eigenvalue weighted by molar-refractivity contribution is -0.131. The number of sulfone groups is 1. The second-order valence-corrected chi connectivity index (χ2v) is 8.72. The third-order valence-corrected chi connectivity index (χ3v) is 5.93. The molecule has 2 N–H and O–H groups in total. The summed E-state index contributed by atoms with van der Waals surface area (Å²) in [7, 11) is -1.70. The number of hydrogen-bond donors (Lipinski definition) is 2. The number of likely N-dealkylation sites (N-methyl/N-ethyl adjacent to an activating group) is 1. The van der Waals surface area contributed by atoms with Gasteiger partial charge in [0.25, 0.3) is 0 Å². The minimum atomic E-state index is -3.25. The van der Waals surface area contributed by atoms with Crippen molar-refractivity contribution in [2.24, 2.45) is 0 Å². The Kier molecular flexibility index (Phi) is 7.17. The van der Waals surface area contributed by atoms with Crippen LogP contribution in [0.2, 0.25) is 0 Å². The van der Waals surface area contributed by atoms with Crippen LogP contribution in [-0.2, 0) is 19.4 Å². The second-order valence-electron chi connectivity index (χ2n) is 6.45. The highest BCUT2D eigenvalue weighted by molar-refractivity contribution is 7.91. The number of hydrogen-bond acceptors (Lipinski definition) is 5. The lowest BCUT2D eigenvalue weighted by Gasteiger charge is -2.17. The van der Waals surface area contributed by atoms with Crippen LogP contribution < -0.4 is 10.6 Å². The van der Waals surface area contributed by atoms with Crippen LogP contribution in [0.1, 0.15) is 12.5 Å². The number of amides is 2. The van der Waals surface area contributed by atoms with Crippen molar-refractivity contribution in [1.82, 2.24) is 4.90 Å². The van der Waals surface area contributed by atoms with Crippen LogP contribution in [0.15, 0.2) is 53.4 Å². The summed E-state index contributed by atoms with van der Waals surface area (Å²) in [6.07, 6.45) is 0. The monoisotopic (exact) mass is 403 g/mol. The van der Waals surface area contributed by atoms with E-state index in [4.69, 9.17) is 0 Å². The van der Waals surface area contributed by atoms with Gasteiger partial charge in [0.15, 0.2) is 9.84 Å². The number of carbonyl (C=O) groups excluding carboxylic acids is 2. The zero-order chi connectivity index (χ0) is 20.7. The Hall–Kier alpha value is -2.87. The molecule has 150 valence electrons. The van der Waals surface area contributed by atoms with Gasteiger partial charge in [0, 0.05) is 18.4 Å². The Bertz CT molecular complexity index is 923. The van der Waals surface area contributed by atoms with Crippen molar-refractivity contribution in [3.05, 3.63) is 54.1 Å². The van der Waals surface area contributed by atoms with Gasteiger partial charge in [0.1, 0.15) is 0 Å². The van der Waals surface area contributed by atoms with Crippen molar-refractivity contribution in [3.8, 4) is 0 Å². The SMILES string of the molecule is CCS(=O)(=O)c1ccc(NCC(=O)N(C)CC(=O)Nc2ccc(C)cc2)cc1. The molecule has 2 aromatic rings. The molecule has 0 saturated heterocycles. The molecule has 8 heteroatoms. The molecule has 0 heterocycles. The molecule has 0 radical (unpaired) electrons. The maximum absolute atomic E-state index is 12.2. The Morgan fingerprint density at radius 1 is 0.964 bits per heavy atom. The normalized spacial score (nSPS) is 11.0. The van der Waals surface area contributed by atoms with Crippen LogP contribution >= 0.6 is 0 Å². The zero-order valence-electron chi connectivity index (χ0n) is 16.2. The molecule has 0 atom stereocenters. The van der Waals surface area contributed by atoms with E-state index in [0.29, 0.717) is 11.4 Å². The summed E-state index contributed by atoms with van der Waals surface area (Å²) in [6, 6.07) is 13.6. The molecular formula is C20H25N3O4S. The molecule has 2 amide bonds. The number of anilines is 2. The Labute approximate surface area is 165 Å². The van der Waals surface area contributed by atoms with Crippen molar-refractivity contribution in [1.29, 1.82) is 0 Å². The minimum absolute atomic E-state index is 0.00577. The van der Waals surface area contributed by atoms with Gasteiger partial charge in [-0.3, -0.25) is 9.59 Å². The summed E-state index contributed by atoms with van der Waals surface area (Å²) in [6.45, 7) is 3.47. The molecule has 2 rings (SSSR count). The van der Waals surface area contributed by atoms with Crippen LogP contribution in [0.5, 0.6) is 0 Å². The van der Waals surface area contributed by atoms with Gasteiger partial charge in [-0.25, -0.2) is 8.42 Å². The highest BCUT2D eigenvalue weighted by Gasteiger charge is 2.14. The van der Waals surface area contributed by atoms with Crippen LogP contribution in [0, 0.1) is 6.92 Å². The zero-order valence-corrected chi connectivity index (χ0v) is 17.0. The molecule has 0 aliphatic carbocycles. The topological polar surface area (TPSA) is 95.6 Å². The van der Waals surface area contributed by atoms with Crippen molar-refractivity contribution < 1.29 is 18.0 Å². The number of carbonyl (C=O) groups is 2. The maximum Gasteiger partial charge on any atom is 0.243 e. The van der Waals surface area contributed by atoms with Crippen LogP contribution in [0.4, 0.5) is 11.4 Å². The molecule has 0 fully saturated rings. The van der Waals surface area contributed by atoms with Gasteiger partial charge in [0.05, 0.1) is 23.7 Å². The number of benzene rings is 2. The first-order valence-electron chi connectivity index (χ1n) is 8.88. The smallest absolute Gasteiger partial charge is 0.243 e. The molecule has 7 nitrogen and oxygen atoms in total. The fraction of sp³-hybridized carbons (Fsp3) is 0.300. The van der Waals surface area contributed by atoms with E-state index in [1.807, 2.05) is 19.1 Å². The molecule has 0 aliphatic heterocycles. The molecule has 28 heavy (non-hydrogen) atoms. The first kappa shape index (κ1) is 21.4. The fourth-order valence-corrected chi connectivity index (χ4v) is 3.28. The summed E-state index contributed by atoms with van der Waals surface area (Å²) < 4.78 is 23.6. The standard InChI is InChI=1S/C20H25N3O4S/c1-4-28(26,27)18-11-9-16(10-12-18)21-13-20(25)23(3)14-19(24)22-17-7-5-15(2)6-8-17/h5-12,21H,4,13-14H2,1-3H3,(H,22,24). The number of nitrogens with zero attached hydrogens (tertiary/aromatic N) is 1. The van der Waals surface area contributed by atoms with E-state index >= 15 is 0 Å². The highest BCUT2D eigenvalue weighted by Crippen LogP contribution is 2.15. The van der Waals surface area contributed by atoms with E-state index in [0.717, 1.165) is 5.56 Å². The molecule has 0 spiro atoms. The van der Waals surface area contributed by atoms with Crippen LogP contribution in [0.25, 0.3) is 0 Å². The summed E-state index contributed by atoms with van der Waals surface area (Å²) in [5, 5.41) is 5.68. The Morgan fingerprint density at radius 2 is 1.54 bits per heavy atom. The van der Waals surface area contributed by atoms with Gasteiger partial charge in [-0.1, -0.05) is 24.6 Å². The van der Waals surface area contributed by atoms with Crippen molar-refractivity contribution in [3.63, 3.8) is 0 Å². The van der Waals surface area contributed by atoms with E-state index < -0.39 is 9.84 Å². The fourth-order valence-electron chi connectivity index (χ4n) is 2.40. The predicted molar refractivity (Wildman–Crippen MR) is 110 cm³/mol. The average molecular weight is 404 g/mol. The van der Waals surface area contributed by atoms with Gasteiger partial charge in [0.2, 0.25) is 11.8 Å². The lowest BCUT2D eigenvalue weighted by atomic mass is 10.2. The number of rotatable bonds is 8. The summed E-state index contributed by atoms with van der Waals surface area (Å²) in [5.41, 5.74) is 2.40. The highest BCUT2D eigenvalue weighted by atomic mass is 32.2. The van der Waals surface area contributed by atoms with Gasteiger partial charge in [-0.2, -0.15) is 0 Å². The molecule has 0 unspecified atom stereocenters. The predicted octanol–water partition coefficient (Wildman–Crippen LogP) is 2.30. The van der Waals surface area contributed by atoms with Crippen molar-refractivity contribution in [2.75, 3.05) is 36.5 Å².